The van der Waals surface area contributed by atoms with Gasteiger partial charge in [0.2, 0.25) is 5.91 Å². The molecule has 0 aliphatic carbocycles. The number of nitrogens with one attached hydrogen (secondary N) is 2. The van der Waals surface area contributed by atoms with Crippen molar-refractivity contribution in [1.82, 2.24) is 10.2 Å². The van der Waals surface area contributed by atoms with Crippen molar-refractivity contribution < 1.29 is 23.9 Å². The van der Waals surface area contributed by atoms with E-state index in [1.54, 1.807) is 76.4 Å². The molecule has 0 aliphatic heterocycles. The third-order valence-corrected chi connectivity index (χ3v) is 5.68. The highest BCUT2D eigenvalue weighted by molar-refractivity contribution is 5.99. The Labute approximate surface area is 232 Å². The monoisotopic (exact) mass is 535 g/mol. The fourth-order valence-electron chi connectivity index (χ4n) is 4.02. The van der Waals surface area contributed by atoms with Crippen LogP contribution in [0.5, 0.6) is 5.75 Å². The maximum Gasteiger partial charge on any atom is 0.408 e. The fourth-order valence-corrected chi connectivity index (χ4v) is 4.02. The molecule has 39 heavy (non-hydrogen) atoms. The van der Waals surface area contributed by atoms with Gasteiger partial charge in [-0.25, -0.2) is 4.79 Å². The summed E-state index contributed by atoms with van der Waals surface area (Å²) in [7, 11) is 1.56. The van der Waals surface area contributed by atoms with Crippen molar-refractivity contribution in [2.75, 3.05) is 19.0 Å². The molecule has 2 rings (SSSR count). The number of benzene rings is 2. The van der Waals surface area contributed by atoms with E-state index >= 15 is 0 Å². The molecule has 210 valence electrons. The highest BCUT2D eigenvalue weighted by Crippen LogP contribution is 2.27. The second kappa shape index (κ2) is 14.2. The number of amides is 3. The Morgan fingerprint density at radius 1 is 1.05 bits per heavy atom. The Morgan fingerprint density at radius 3 is 2.26 bits per heavy atom. The van der Waals surface area contributed by atoms with Gasteiger partial charge in [-0.3, -0.25) is 9.59 Å². The van der Waals surface area contributed by atoms with Crippen LogP contribution in [0, 0.1) is 5.92 Å². The number of alkyl carbamates (subject to hydrolysis) is 1. The summed E-state index contributed by atoms with van der Waals surface area (Å²) in [6.07, 6.45) is 2.88. The van der Waals surface area contributed by atoms with Crippen molar-refractivity contribution in [3.05, 3.63) is 78.9 Å². The lowest BCUT2D eigenvalue weighted by Crippen LogP contribution is -2.52. The molecule has 2 aromatic carbocycles. The van der Waals surface area contributed by atoms with Crippen molar-refractivity contribution in [3.8, 4) is 5.75 Å². The maximum atomic E-state index is 14.1. The first kappa shape index (κ1) is 31.1. The van der Waals surface area contributed by atoms with Gasteiger partial charge in [0.15, 0.2) is 0 Å². The van der Waals surface area contributed by atoms with Crippen molar-refractivity contribution in [2.24, 2.45) is 5.92 Å². The van der Waals surface area contributed by atoms with Crippen LogP contribution < -0.4 is 15.4 Å². The van der Waals surface area contributed by atoms with Crippen molar-refractivity contribution in [2.45, 2.75) is 58.7 Å². The molecule has 8 nitrogen and oxygen atoms in total. The van der Waals surface area contributed by atoms with Gasteiger partial charge in [0.25, 0.3) is 5.91 Å². The molecular weight excluding hydrogens is 494 g/mol. The number of carbonyl (C=O) groups excluding carboxylic acids is 3. The molecule has 8 heteroatoms. The number of nitrogens with zero attached hydrogens (tertiary/aromatic N) is 1. The van der Waals surface area contributed by atoms with Crippen LogP contribution in [-0.2, 0) is 14.3 Å². The van der Waals surface area contributed by atoms with Gasteiger partial charge in [0.05, 0.1) is 7.11 Å². The van der Waals surface area contributed by atoms with Crippen molar-refractivity contribution in [1.29, 1.82) is 0 Å². The quantitative estimate of drug-likeness (QED) is 0.326. The van der Waals surface area contributed by atoms with E-state index in [9.17, 15) is 14.4 Å². The average molecular weight is 536 g/mol. The minimum Gasteiger partial charge on any atom is -0.497 e. The number of ether oxygens (including phenoxy) is 2. The zero-order valence-corrected chi connectivity index (χ0v) is 23.8. The molecule has 0 saturated heterocycles. The molecule has 0 heterocycles. The average Bonchev–Trinajstić information content (AvgIpc) is 2.86. The Hall–Kier alpha value is -4.07. The summed E-state index contributed by atoms with van der Waals surface area (Å²) in [4.78, 5) is 42.0. The van der Waals surface area contributed by atoms with Gasteiger partial charge in [-0.05, 0) is 74.6 Å². The van der Waals surface area contributed by atoms with Gasteiger partial charge < -0.3 is 25.0 Å². The van der Waals surface area contributed by atoms with Crippen LogP contribution in [0.2, 0.25) is 0 Å². The van der Waals surface area contributed by atoms with Crippen LogP contribution in [0.3, 0.4) is 0 Å². The largest absolute Gasteiger partial charge is 0.497 e. The van der Waals surface area contributed by atoms with E-state index in [0.717, 1.165) is 5.56 Å². The van der Waals surface area contributed by atoms with Crippen LogP contribution in [0.25, 0.3) is 6.08 Å². The standard InChI is InChI=1S/C31H41N3O5/c1-9-18-34(29(36)26(19-21(3)4)33-30(37)39-31(5,6)7)27(23-13-11-12-22(10-2)20-23)28(35)32-24-14-16-25(38-8)17-15-24/h9-17,20-21,26-27H,1-2,18-19H2,3-8H3,(H,32,35)(H,33,37). The highest BCUT2D eigenvalue weighted by atomic mass is 16.6. The van der Waals surface area contributed by atoms with Crippen LogP contribution in [0.4, 0.5) is 10.5 Å². The Bertz CT molecular complexity index is 1150. The molecule has 0 spiro atoms. The first-order valence-electron chi connectivity index (χ1n) is 13.0. The summed E-state index contributed by atoms with van der Waals surface area (Å²) in [6, 6.07) is 12.2. The summed E-state index contributed by atoms with van der Waals surface area (Å²) in [6.45, 7) is 16.9. The minimum atomic E-state index is -1.02. The molecular formula is C31H41N3O5. The first-order valence-corrected chi connectivity index (χ1v) is 13.0. The van der Waals surface area contributed by atoms with Crippen LogP contribution in [0.15, 0.2) is 67.8 Å². The molecule has 2 atom stereocenters. The van der Waals surface area contributed by atoms with Crippen LogP contribution >= 0.6 is 0 Å². The van der Waals surface area contributed by atoms with Crippen molar-refractivity contribution >= 4 is 29.7 Å². The zero-order chi connectivity index (χ0) is 29.2. The second-order valence-electron chi connectivity index (χ2n) is 10.6. The fraction of sp³-hybridized carbons (Fsp3) is 0.387. The lowest BCUT2D eigenvalue weighted by Gasteiger charge is -2.34. The summed E-state index contributed by atoms with van der Waals surface area (Å²) in [5, 5.41) is 5.64. The van der Waals surface area contributed by atoms with Gasteiger partial charge in [-0.15, -0.1) is 6.58 Å². The van der Waals surface area contributed by atoms with E-state index in [-0.39, 0.29) is 12.5 Å². The summed E-state index contributed by atoms with van der Waals surface area (Å²) >= 11 is 0. The summed E-state index contributed by atoms with van der Waals surface area (Å²) < 4.78 is 10.6. The van der Waals surface area contributed by atoms with Crippen LogP contribution in [0.1, 0.15) is 58.2 Å². The van der Waals surface area contributed by atoms with Crippen molar-refractivity contribution in [3.63, 3.8) is 0 Å². The topological polar surface area (TPSA) is 97.0 Å². The number of carbonyl (C=O) groups is 3. The van der Waals surface area contributed by atoms with Gasteiger partial charge in [-0.1, -0.05) is 50.8 Å². The third-order valence-electron chi connectivity index (χ3n) is 5.68. The Kier molecular flexibility index (Phi) is 11.3. The highest BCUT2D eigenvalue weighted by Gasteiger charge is 2.36. The van der Waals surface area contributed by atoms with E-state index in [4.69, 9.17) is 9.47 Å². The second-order valence-corrected chi connectivity index (χ2v) is 10.6. The van der Waals surface area contributed by atoms with Gasteiger partial charge in [-0.2, -0.15) is 0 Å². The van der Waals surface area contributed by atoms with E-state index in [1.165, 1.54) is 4.90 Å². The van der Waals surface area contributed by atoms with Gasteiger partial charge >= 0.3 is 6.09 Å². The van der Waals surface area contributed by atoms with E-state index < -0.39 is 35.6 Å². The Balaban J connectivity index is 2.52. The Morgan fingerprint density at radius 2 is 1.72 bits per heavy atom. The lowest BCUT2D eigenvalue weighted by atomic mass is 9.98. The molecule has 0 bridgehead atoms. The number of methoxy groups -OCH3 is 1. The van der Waals surface area contributed by atoms with Crippen LogP contribution in [-0.4, -0.2) is 48.1 Å². The smallest absolute Gasteiger partial charge is 0.408 e. The van der Waals surface area contributed by atoms with E-state index in [0.29, 0.717) is 23.4 Å². The predicted molar refractivity (Wildman–Crippen MR) is 155 cm³/mol. The number of anilines is 1. The van der Waals surface area contributed by atoms with E-state index in [1.807, 2.05) is 26.0 Å². The molecule has 2 N–H and O–H groups in total. The molecule has 2 aromatic rings. The predicted octanol–water partition coefficient (Wildman–Crippen LogP) is 5.97. The normalized spacial score (nSPS) is 12.6. The number of rotatable bonds is 12. The van der Waals surface area contributed by atoms with E-state index in [2.05, 4.69) is 23.8 Å². The molecule has 2 unspecified atom stereocenters. The van der Waals surface area contributed by atoms with Gasteiger partial charge in [0, 0.05) is 12.2 Å². The lowest BCUT2D eigenvalue weighted by molar-refractivity contribution is -0.140. The molecule has 0 saturated carbocycles. The van der Waals surface area contributed by atoms with Gasteiger partial charge in [0.1, 0.15) is 23.4 Å². The number of hydrogen-bond donors (Lipinski definition) is 2. The molecule has 0 fully saturated rings. The SMILES string of the molecule is C=CCN(C(=O)C(CC(C)C)NC(=O)OC(C)(C)C)C(C(=O)Nc1ccc(OC)cc1)c1cccc(C=C)c1. The molecule has 0 radical (unpaired) electrons. The molecule has 0 aliphatic rings. The summed E-state index contributed by atoms with van der Waals surface area (Å²) in [5.74, 6) is -0.114. The summed E-state index contributed by atoms with van der Waals surface area (Å²) in [5.41, 5.74) is 1.20. The third kappa shape index (κ3) is 9.63. The molecule has 3 amide bonds. The molecule has 0 aromatic heterocycles. The minimum absolute atomic E-state index is 0.0719. The maximum absolute atomic E-state index is 14.1. The number of hydrogen-bond acceptors (Lipinski definition) is 5. The zero-order valence-electron chi connectivity index (χ0n) is 23.8. The first-order chi connectivity index (χ1) is 18.4.